The van der Waals surface area contributed by atoms with Gasteiger partial charge in [-0.25, -0.2) is 14.4 Å². The maximum absolute atomic E-state index is 13.0. The van der Waals surface area contributed by atoms with Gasteiger partial charge in [0.15, 0.2) is 5.65 Å². The minimum atomic E-state index is -0.388. The highest BCUT2D eigenvalue weighted by Gasteiger charge is 2.13. The Balaban J connectivity index is 1.70. The Hall–Kier alpha value is -3.26. The number of nitrogens with zero attached hydrogens (tertiary/aromatic N) is 4. The molecule has 0 aliphatic carbocycles. The molecule has 136 valence electrons. The number of rotatable bonds is 4. The van der Waals surface area contributed by atoms with Crippen molar-refractivity contribution in [2.24, 2.45) is 0 Å². The molecule has 0 spiro atoms. The number of nitrogens with one attached hydrogen (secondary N) is 2. The molecule has 0 aromatic carbocycles. The van der Waals surface area contributed by atoms with Crippen LogP contribution in [-0.4, -0.2) is 24.5 Å². The van der Waals surface area contributed by atoms with Crippen LogP contribution in [0.2, 0.25) is 5.02 Å². The lowest BCUT2D eigenvalue weighted by Gasteiger charge is -2.14. The molecule has 9 heteroatoms. The molecule has 0 bridgehead atoms. The number of anilines is 1. The van der Waals surface area contributed by atoms with Crippen molar-refractivity contribution in [3.8, 4) is 5.69 Å². The second-order valence-corrected chi connectivity index (χ2v) is 6.39. The number of H-pyrrole nitrogens is 1. The number of pyridine rings is 3. The van der Waals surface area contributed by atoms with Gasteiger partial charge in [0.25, 0.3) is 5.56 Å². The molecule has 7 nitrogen and oxygen atoms in total. The summed E-state index contributed by atoms with van der Waals surface area (Å²) in [5.74, 6) is 0.183. The molecule has 4 aromatic heterocycles. The van der Waals surface area contributed by atoms with Crippen molar-refractivity contribution >= 4 is 28.6 Å². The summed E-state index contributed by atoms with van der Waals surface area (Å²) >= 11 is 5.99. The fraction of sp³-hybridized carbons (Fsp3) is 0.111. The first kappa shape index (κ1) is 17.2. The van der Waals surface area contributed by atoms with E-state index in [0.717, 1.165) is 0 Å². The molecule has 0 aliphatic heterocycles. The molecule has 4 heterocycles. The Bertz CT molecular complexity index is 1170. The van der Waals surface area contributed by atoms with Crippen LogP contribution in [0.5, 0.6) is 0 Å². The van der Waals surface area contributed by atoms with Gasteiger partial charge in [-0.05, 0) is 37.3 Å². The second kappa shape index (κ2) is 6.81. The smallest absolute Gasteiger partial charge is 0.272 e. The Morgan fingerprint density at radius 2 is 2.11 bits per heavy atom. The number of halogens is 2. The zero-order chi connectivity index (χ0) is 19.0. The van der Waals surface area contributed by atoms with Gasteiger partial charge < -0.3 is 10.3 Å². The third-order valence-corrected chi connectivity index (χ3v) is 4.28. The van der Waals surface area contributed by atoms with Crippen LogP contribution in [-0.2, 0) is 0 Å². The third kappa shape index (κ3) is 3.39. The SMILES string of the molecule is CC(Nc1ccc2ncn(-c3cc(Cl)c[nH]c3=O)c2n1)c1ccc(F)cn1. The van der Waals surface area contributed by atoms with Gasteiger partial charge in [-0.2, -0.15) is 0 Å². The normalized spacial score (nSPS) is 12.3. The van der Waals surface area contributed by atoms with Crippen molar-refractivity contribution in [3.63, 3.8) is 0 Å². The molecule has 0 amide bonds. The molecule has 1 unspecified atom stereocenters. The van der Waals surface area contributed by atoms with E-state index in [0.29, 0.717) is 33.4 Å². The molecular weight excluding hydrogens is 371 g/mol. The molecule has 0 saturated carbocycles. The molecule has 4 rings (SSSR count). The van der Waals surface area contributed by atoms with Crippen LogP contribution in [0.1, 0.15) is 18.7 Å². The van der Waals surface area contributed by atoms with E-state index in [4.69, 9.17) is 11.6 Å². The summed E-state index contributed by atoms with van der Waals surface area (Å²) in [5, 5.41) is 3.61. The highest BCUT2D eigenvalue weighted by molar-refractivity contribution is 6.30. The average molecular weight is 385 g/mol. The monoisotopic (exact) mass is 384 g/mol. The fourth-order valence-corrected chi connectivity index (χ4v) is 2.87. The topological polar surface area (TPSA) is 88.5 Å². The van der Waals surface area contributed by atoms with Gasteiger partial charge in [0.1, 0.15) is 29.2 Å². The van der Waals surface area contributed by atoms with Gasteiger partial charge in [-0.1, -0.05) is 11.6 Å². The summed E-state index contributed by atoms with van der Waals surface area (Å²) in [7, 11) is 0. The van der Waals surface area contributed by atoms with Gasteiger partial charge in [0, 0.05) is 6.20 Å². The van der Waals surface area contributed by atoms with Crippen LogP contribution in [0.15, 0.2) is 53.8 Å². The molecular formula is C18H14ClFN6O. The predicted octanol–water partition coefficient (Wildman–Crippen LogP) is 3.47. The van der Waals surface area contributed by atoms with Crippen molar-refractivity contribution in [1.82, 2.24) is 24.5 Å². The first-order chi connectivity index (χ1) is 13.0. The highest BCUT2D eigenvalue weighted by atomic mass is 35.5. The lowest BCUT2D eigenvalue weighted by atomic mass is 10.2. The van der Waals surface area contributed by atoms with E-state index in [1.165, 1.54) is 24.8 Å². The first-order valence-corrected chi connectivity index (χ1v) is 8.50. The predicted molar refractivity (Wildman–Crippen MR) is 101 cm³/mol. The summed E-state index contributed by atoms with van der Waals surface area (Å²) in [5.41, 5.74) is 1.84. The number of aromatic amines is 1. The molecule has 1 atom stereocenters. The lowest BCUT2D eigenvalue weighted by Crippen LogP contribution is -2.14. The van der Waals surface area contributed by atoms with Crippen LogP contribution in [0, 0.1) is 5.82 Å². The van der Waals surface area contributed by atoms with Crippen LogP contribution in [0.25, 0.3) is 16.9 Å². The molecule has 2 N–H and O–H groups in total. The molecule has 27 heavy (non-hydrogen) atoms. The van der Waals surface area contributed by atoms with Gasteiger partial charge >= 0.3 is 0 Å². The number of hydrogen-bond acceptors (Lipinski definition) is 5. The van der Waals surface area contributed by atoms with E-state index in [2.05, 4.69) is 25.3 Å². The Kier molecular flexibility index (Phi) is 4.33. The molecule has 0 saturated heterocycles. The molecule has 0 aliphatic rings. The summed E-state index contributed by atoms with van der Waals surface area (Å²) in [6, 6.07) is 7.90. The minimum Gasteiger partial charge on any atom is -0.362 e. The van der Waals surface area contributed by atoms with Crippen molar-refractivity contribution in [1.29, 1.82) is 0 Å². The van der Waals surface area contributed by atoms with Crippen LogP contribution in [0.4, 0.5) is 10.2 Å². The second-order valence-electron chi connectivity index (χ2n) is 5.95. The van der Waals surface area contributed by atoms with Gasteiger partial charge in [0.2, 0.25) is 0 Å². The van der Waals surface area contributed by atoms with E-state index < -0.39 is 0 Å². The zero-order valence-corrected chi connectivity index (χ0v) is 14.9. The average Bonchev–Trinajstić information content (AvgIpc) is 3.07. The Morgan fingerprint density at radius 3 is 2.89 bits per heavy atom. The summed E-state index contributed by atoms with van der Waals surface area (Å²) in [4.78, 5) is 27.6. The third-order valence-electron chi connectivity index (χ3n) is 4.06. The van der Waals surface area contributed by atoms with Crippen LogP contribution in [0.3, 0.4) is 0 Å². The van der Waals surface area contributed by atoms with E-state index >= 15 is 0 Å². The standard InChI is InChI=1S/C18H14ClFN6O/c1-10(13-3-2-12(20)8-21-13)24-16-5-4-14-17(25-16)26(9-23-14)15-6-11(19)7-22-18(15)27/h2-10H,1H3,(H,22,27)(H,24,25). The van der Waals surface area contributed by atoms with Crippen molar-refractivity contribution in [2.45, 2.75) is 13.0 Å². The fourth-order valence-electron chi connectivity index (χ4n) is 2.71. The van der Waals surface area contributed by atoms with Crippen molar-refractivity contribution < 1.29 is 4.39 Å². The molecule has 0 radical (unpaired) electrons. The first-order valence-electron chi connectivity index (χ1n) is 8.12. The lowest BCUT2D eigenvalue weighted by molar-refractivity contribution is 0.617. The van der Waals surface area contributed by atoms with Crippen molar-refractivity contribution in [2.75, 3.05) is 5.32 Å². The maximum atomic E-state index is 13.0. The van der Waals surface area contributed by atoms with E-state index in [1.807, 2.05) is 6.92 Å². The quantitative estimate of drug-likeness (QED) is 0.562. The van der Waals surface area contributed by atoms with Gasteiger partial charge in [-0.15, -0.1) is 0 Å². The van der Waals surface area contributed by atoms with E-state index in [-0.39, 0.29) is 17.4 Å². The van der Waals surface area contributed by atoms with Crippen LogP contribution >= 0.6 is 11.6 Å². The summed E-state index contributed by atoms with van der Waals surface area (Å²) in [6.07, 6.45) is 4.11. The Morgan fingerprint density at radius 1 is 1.26 bits per heavy atom. The van der Waals surface area contributed by atoms with E-state index in [1.54, 1.807) is 28.8 Å². The zero-order valence-electron chi connectivity index (χ0n) is 14.1. The summed E-state index contributed by atoms with van der Waals surface area (Å²) in [6.45, 7) is 1.89. The van der Waals surface area contributed by atoms with Crippen LogP contribution < -0.4 is 10.9 Å². The largest absolute Gasteiger partial charge is 0.362 e. The van der Waals surface area contributed by atoms with Gasteiger partial charge in [0.05, 0.1) is 23.0 Å². The number of aromatic nitrogens is 5. The number of hydrogen-bond donors (Lipinski definition) is 2. The number of imidazole rings is 1. The van der Waals surface area contributed by atoms with Crippen molar-refractivity contribution in [3.05, 3.63) is 75.9 Å². The maximum Gasteiger partial charge on any atom is 0.272 e. The van der Waals surface area contributed by atoms with Gasteiger partial charge in [-0.3, -0.25) is 14.3 Å². The molecule has 4 aromatic rings. The Labute approximate surface area is 157 Å². The number of fused-ring (bicyclic) bond motifs is 1. The minimum absolute atomic E-state index is 0.193. The van der Waals surface area contributed by atoms with E-state index in [9.17, 15) is 9.18 Å². The highest BCUT2D eigenvalue weighted by Crippen LogP contribution is 2.21. The summed E-state index contributed by atoms with van der Waals surface area (Å²) < 4.78 is 14.6. The molecule has 0 fully saturated rings.